The molecule has 6 heteroatoms. The first-order valence-corrected chi connectivity index (χ1v) is 10.2. The number of aliphatic hydroxyl groups is 1. The largest absolute Gasteiger partial charge is 0.388 e. The van der Waals surface area contributed by atoms with E-state index >= 15 is 0 Å². The molecule has 3 fully saturated rings. The van der Waals surface area contributed by atoms with E-state index in [2.05, 4.69) is 27.4 Å². The number of hydrogen-bond acceptors (Lipinski definition) is 3. The summed E-state index contributed by atoms with van der Waals surface area (Å²) in [5.41, 5.74) is -0.563. The van der Waals surface area contributed by atoms with E-state index in [0.717, 1.165) is 50.7 Å². The number of likely N-dealkylation sites (tertiary alicyclic amines) is 1. The lowest BCUT2D eigenvalue weighted by atomic mass is 10.0. The van der Waals surface area contributed by atoms with Crippen LogP contribution in [0.1, 0.15) is 64.7 Å². The molecule has 5 nitrogen and oxygen atoms in total. The first-order valence-electron chi connectivity index (χ1n) is 10.2. The normalized spacial score (nSPS) is 27.4. The van der Waals surface area contributed by atoms with Crippen molar-refractivity contribution >= 4 is 29.9 Å². The second-order valence-corrected chi connectivity index (χ2v) is 8.17. The Morgan fingerprint density at radius 1 is 1.16 bits per heavy atom. The average Bonchev–Trinajstić information content (AvgIpc) is 3.30. The zero-order valence-electron chi connectivity index (χ0n) is 15.8. The van der Waals surface area contributed by atoms with Crippen molar-refractivity contribution < 1.29 is 5.11 Å². The van der Waals surface area contributed by atoms with Crippen LogP contribution in [0.3, 0.4) is 0 Å². The molecule has 0 amide bonds. The summed E-state index contributed by atoms with van der Waals surface area (Å²) in [5, 5.41) is 17.4. The van der Waals surface area contributed by atoms with Gasteiger partial charge in [-0.05, 0) is 44.9 Å². The number of hydrogen-bond donors (Lipinski definition) is 3. The molecule has 3 N–H and O–H groups in total. The maximum absolute atomic E-state index is 10.5. The van der Waals surface area contributed by atoms with Crippen molar-refractivity contribution in [3.8, 4) is 0 Å². The zero-order valence-corrected chi connectivity index (χ0v) is 18.1. The Balaban J connectivity index is 0.00000225. The molecule has 0 aromatic carbocycles. The smallest absolute Gasteiger partial charge is 0.191 e. The van der Waals surface area contributed by atoms with E-state index in [4.69, 9.17) is 0 Å². The second-order valence-electron chi connectivity index (χ2n) is 8.17. The predicted molar refractivity (Wildman–Crippen MR) is 115 cm³/mol. The topological polar surface area (TPSA) is 59.9 Å². The molecule has 146 valence electrons. The molecule has 2 saturated carbocycles. The van der Waals surface area contributed by atoms with Gasteiger partial charge in [0.15, 0.2) is 5.96 Å². The maximum Gasteiger partial charge on any atom is 0.191 e. The molecule has 3 rings (SSSR count). The van der Waals surface area contributed by atoms with Crippen LogP contribution in [0.15, 0.2) is 4.99 Å². The summed E-state index contributed by atoms with van der Waals surface area (Å²) in [6.07, 6.45) is 11.0. The Morgan fingerprint density at radius 3 is 2.56 bits per heavy atom. The van der Waals surface area contributed by atoms with Gasteiger partial charge in [-0.15, -0.1) is 24.0 Å². The van der Waals surface area contributed by atoms with Gasteiger partial charge in [-0.1, -0.05) is 25.7 Å². The van der Waals surface area contributed by atoms with Crippen LogP contribution < -0.4 is 10.6 Å². The van der Waals surface area contributed by atoms with E-state index in [1.54, 1.807) is 0 Å². The van der Waals surface area contributed by atoms with Crippen molar-refractivity contribution in [2.24, 2.45) is 10.9 Å². The van der Waals surface area contributed by atoms with Crippen molar-refractivity contribution in [3.05, 3.63) is 0 Å². The maximum atomic E-state index is 10.5. The standard InChI is InChI=1S/C19H36N4O.HI/c1-2-20-18(21-15-19(24)10-5-6-11-19)22-17-9-12-23(14-17)13-16-7-3-4-8-16;/h16-17,24H,2-15H2,1H3,(H2,20,21,22);1H. The van der Waals surface area contributed by atoms with Gasteiger partial charge >= 0.3 is 0 Å². The van der Waals surface area contributed by atoms with Gasteiger partial charge in [0.1, 0.15) is 0 Å². The van der Waals surface area contributed by atoms with E-state index in [0.29, 0.717) is 12.6 Å². The molecule has 1 atom stereocenters. The molecule has 1 unspecified atom stereocenters. The van der Waals surface area contributed by atoms with Gasteiger partial charge in [0.05, 0.1) is 12.1 Å². The predicted octanol–water partition coefficient (Wildman–Crippen LogP) is 2.73. The Labute approximate surface area is 170 Å². The molecule has 0 aromatic rings. The minimum Gasteiger partial charge on any atom is -0.388 e. The molecule has 0 spiro atoms. The van der Waals surface area contributed by atoms with Gasteiger partial charge in [-0.25, -0.2) is 0 Å². The molecular formula is C19H37IN4O. The van der Waals surface area contributed by atoms with Gasteiger partial charge in [0, 0.05) is 32.2 Å². The minimum absolute atomic E-state index is 0. The van der Waals surface area contributed by atoms with Crippen LogP contribution in [-0.2, 0) is 0 Å². The fraction of sp³-hybridized carbons (Fsp3) is 0.947. The summed E-state index contributed by atoms with van der Waals surface area (Å²) >= 11 is 0. The lowest BCUT2D eigenvalue weighted by molar-refractivity contribution is 0.0574. The summed E-state index contributed by atoms with van der Waals surface area (Å²) in [6, 6.07) is 0.488. The molecule has 3 aliphatic rings. The van der Waals surface area contributed by atoms with Gasteiger partial charge in [0.2, 0.25) is 0 Å². The number of guanidine groups is 1. The fourth-order valence-electron chi connectivity index (χ4n) is 4.61. The van der Waals surface area contributed by atoms with E-state index in [1.165, 1.54) is 45.2 Å². The molecule has 0 radical (unpaired) electrons. The number of aliphatic imine (C=N–C) groups is 1. The van der Waals surface area contributed by atoms with Crippen molar-refractivity contribution in [3.63, 3.8) is 0 Å². The quantitative estimate of drug-likeness (QED) is 0.322. The Bertz CT molecular complexity index is 420. The summed E-state index contributed by atoms with van der Waals surface area (Å²) in [7, 11) is 0. The van der Waals surface area contributed by atoms with Crippen molar-refractivity contribution in [2.75, 3.05) is 32.7 Å². The lowest BCUT2D eigenvalue weighted by Gasteiger charge is -2.23. The molecule has 1 saturated heterocycles. The van der Waals surface area contributed by atoms with Gasteiger partial charge in [-0.2, -0.15) is 0 Å². The molecule has 0 aromatic heterocycles. The van der Waals surface area contributed by atoms with Crippen LogP contribution in [0.4, 0.5) is 0 Å². The third-order valence-corrected chi connectivity index (χ3v) is 6.01. The van der Waals surface area contributed by atoms with Crippen molar-refractivity contribution in [1.29, 1.82) is 0 Å². The summed E-state index contributed by atoms with van der Waals surface area (Å²) in [6.45, 7) is 7.11. The highest BCUT2D eigenvalue weighted by atomic mass is 127. The molecule has 2 aliphatic carbocycles. The highest BCUT2D eigenvalue weighted by molar-refractivity contribution is 14.0. The summed E-state index contributed by atoms with van der Waals surface area (Å²) in [5.74, 6) is 1.81. The Kier molecular flexibility index (Phi) is 8.75. The number of rotatable bonds is 6. The summed E-state index contributed by atoms with van der Waals surface area (Å²) < 4.78 is 0. The average molecular weight is 464 g/mol. The van der Waals surface area contributed by atoms with E-state index in [-0.39, 0.29) is 24.0 Å². The van der Waals surface area contributed by atoms with Gasteiger partial charge in [0.25, 0.3) is 0 Å². The second kappa shape index (κ2) is 10.3. The van der Waals surface area contributed by atoms with Gasteiger partial charge in [-0.3, -0.25) is 4.99 Å². The van der Waals surface area contributed by atoms with Crippen LogP contribution in [0.5, 0.6) is 0 Å². The van der Waals surface area contributed by atoms with Crippen LogP contribution in [-0.4, -0.2) is 60.3 Å². The Morgan fingerprint density at radius 2 is 1.88 bits per heavy atom. The minimum atomic E-state index is -0.563. The van der Waals surface area contributed by atoms with E-state index < -0.39 is 5.60 Å². The number of halogens is 1. The van der Waals surface area contributed by atoms with Crippen LogP contribution in [0, 0.1) is 5.92 Å². The fourth-order valence-corrected chi connectivity index (χ4v) is 4.61. The van der Waals surface area contributed by atoms with Crippen molar-refractivity contribution in [1.82, 2.24) is 15.5 Å². The highest BCUT2D eigenvalue weighted by Crippen LogP contribution is 2.29. The highest BCUT2D eigenvalue weighted by Gasteiger charge is 2.31. The van der Waals surface area contributed by atoms with Crippen molar-refractivity contribution in [2.45, 2.75) is 76.4 Å². The molecular weight excluding hydrogens is 427 g/mol. The van der Waals surface area contributed by atoms with E-state index in [9.17, 15) is 5.11 Å². The molecule has 25 heavy (non-hydrogen) atoms. The monoisotopic (exact) mass is 464 g/mol. The van der Waals surface area contributed by atoms with E-state index in [1.807, 2.05) is 0 Å². The van der Waals surface area contributed by atoms with Crippen LogP contribution in [0.2, 0.25) is 0 Å². The SMILES string of the molecule is CCNC(=NCC1(O)CCCC1)NC1CCN(CC2CCCC2)C1.I. The molecule has 1 aliphatic heterocycles. The van der Waals surface area contributed by atoms with Gasteiger partial charge < -0.3 is 20.6 Å². The van der Waals surface area contributed by atoms with Crippen LogP contribution in [0.25, 0.3) is 0 Å². The first kappa shape index (κ1) is 21.2. The summed E-state index contributed by atoms with van der Waals surface area (Å²) in [4.78, 5) is 7.31. The third kappa shape index (κ3) is 6.54. The van der Waals surface area contributed by atoms with Crippen LogP contribution >= 0.6 is 24.0 Å². The number of nitrogens with one attached hydrogen (secondary N) is 2. The molecule has 0 bridgehead atoms. The lowest BCUT2D eigenvalue weighted by Crippen LogP contribution is -2.45. The molecule has 1 heterocycles. The number of nitrogens with zero attached hydrogens (tertiary/aromatic N) is 2. The third-order valence-electron chi connectivity index (χ3n) is 6.01. The Hall–Kier alpha value is -0.0800. The first-order chi connectivity index (χ1) is 11.7. The zero-order chi connectivity index (χ0) is 16.8.